The van der Waals surface area contributed by atoms with Gasteiger partial charge in [0.15, 0.2) is 0 Å². The summed E-state index contributed by atoms with van der Waals surface area (Å²) in [7, 11) is 0. The molecule has 9 nitrogen and oxygen atoms in total. The van der Waals surface area contributed by atoms with Crippen LogP contribution in [0.2, 0.25) is 0 Å². The minimum atomic E-state index is -0.459. The Balaban J connectivity index is 1.82. The van der Waals surface area contributed by atoms with Crippen molar-refractivity contribution in [2.24, 2.45) is 0 Å². The van der Waals surface area contributed by atoms with Crippen molar-refractivity contribution in [3.05, 3.63) is 59.6 Å². The summed E-state index contributed by atoms with van der Waals surface area (Å²) in [5.41, 5.74) is 0.938. The first-order valence-electron chi connectivity index (χ1n) is 11.4. The van der Waals surface area contributed by atoms with E-state index in [-0.39, 0.29) is 24.7 Å². The van der Waals surface area contributed by atoms with E-state index >= 15 is 0 Å². The Bertz CT molecular complexity index is 1250. The van der Waals surface area contributed by atoms with E-state index in [0.717, 1.165) is 19.2 Å². The van der Waals surface area contributed by atoms with Crippen molar-refractivity contribution in [2.75, 3.05) is 43.4 Å². The number of likely N-dealkylation sites (N-methyl/N-ethyl adjacent to an activating group) is 1. The van der Waals surface area contributed by atoms with E-state index in [1.54, 1.807) is 24.3 Å². The van der Waals surface area contributed by atoms with Gasteiger partial charge in [0, 0.05) is 9.86 Å². The molecule has 2 amide bonds. The molecule has 0 bridgehead atoms. The average Bonchev–Trinajstić information content (AvgIpc) is 2.87. The van der Waals surface area contributed by atoms with E-state index in [9.17, 15) is 14.0 Å². The third-order valence-electron chi connectivity index (χ3n) is 5.33. The number of hydrogen-bond acceptors (Lipinski definition) is 7. The fourth-order valence-electron chi connectivity index (χ4n) is 3.40. The Morgan fingerprint density at radius 1 is 1.19 bits per heavy atom. The monoisotopic (exact) mass is 558 g/mol. The lowest BCUT2D eigenvalue weighted by atomic mass is 10.1. The number of halogens is 2. The molecule has 3 N–H and O–H groups in total. The third-order valence-corrected chi connectivity index (χ3v) is 5.82. The highest BCUT2D eigenvalue weighted by Gasteiger charge is 2.16. The molecule has 36 heavy (non-hydrogen) atoms. The summed E-state index contributed by atoms with van der Waals surface area (Å²) in [6, 6.07) is 8.00. The normalized spacial score (nSPS) is 10.8. The van der Waals surface area contributed by atoms with Crippen molar-refractivity contribution >= 4 is 55.8 Å². The van der Waals surface area contributed by atoms with Crippen LogP contribution in [0.25, 0.3) is 10.9 Å². The minimum absolute atomic E-state index is 0.0929. The third kappa shape index (κ3) is 6.98. The first kappa shape index (κ1) is 27.0. The molecule has 3 aromatic rings. The molecule has 11 heteroatoms. The van der Waals surface area contributed by atoms with Gasteiger partial charge in [0.1, 0.15) is 41.5 Å². The summed E-state index contributed by atoms with van der Waals surface area (Å²) in [5.74, 6) is -0.295. The van der Waals surface area contributed by atoms with E-state index < -0.39 is 11.7 Å². The molecule has 0 unspecified atom stereocenters. The Hall–Kier alpha value is -3.57. The van der Waals surface area contributed by atoms with Crippen LogP contribution < -0.4 is 20.7 Å². The number of fused-ring (bicyclic) bond motifs is 1. The van der Waals surface area contributed by atoms with E-state index in [2.05, 4.69) is 48.4 Å². The predicted octanol–water partition coefficient (Wildman–Crippen LogP) is 4.24. The van der Waals surface area contributed by atoms with Crippen LogP contribution in [0.3, 0.4) is 0 Å². The molecule has 1 heterocycles. The molecule has 0 spiro atoms. The number of ether oxygens (including phenoxy) is 1. The topological polar surface area (TPSA) is 108 Å². The number of carbonyl (C=O) groups excluding carboxylic acids is 2. The predicted molar refractivity (Wildman–Crippen MR) is 142 cm³/mol. The van der Waals surface area contributed by atoms with Crippen LogP contribution in [0.1, 0.15) is 13.8 Å². The maximum absolute atomic E-state index is 14.4. The molecule has 3 rings (SSSR count). The number of nitrogens with zero attached hydrogens (tertiary/aromatic N) is 3. The Labute approximate surface area is 217 Å². The summed E-state index contributed by atoms with van der Waals surface area (Å²) in [6.07, 6.45) is 2.44. The van der Waals surface area contributed by atoms with Gasteiger partial charge in [-0.25, -0.2) is 14.4 Å². The Morgan fingerprint density at radius 2 is 1.97 bits per heavy atom. The number of nitrogens with one attached hydrogen (secondary N) is 3. The fourth-order valence-corrected chi connectivity index (χ4v) is 3.74. The number of anilines is 3. The Morgan fingerprint density at radius 3 is 2.67 bits per heavy atom. The number of carbonyl (C=O) groups is 2. The lowest BCUT2D eigenvalue weighted by Gasteiger charge is -2.18. The van der Waals surface area contributed by atoms with Gasteiger partial charge in [-0.2, -0.15) is 0 Å². The van der Waals surface area contributed by atoms with Gasteiger partial charge in [0.2, 0.25) is 11.8 Å². The number of amides is 2. The SMILES string of the molecule is C=CC(=O)Nc1c(OCCNC(=O)CN(CC)CC)ccc2c(Nc3ccc(Br)cc3F)ncnc12. The van der Waals surface area contributed by atoms with Crippen molar-refractivity contribution < 1.29 is 18.7 Å². The van der Waals surface area contributed by atoms with Gasteiger partial charge < -0.3 is 20.7 Å². The molecule has 0 fully saturated rings. The van der Waals surface area contributed by atoms with Gasteiger partial charge in [-0.05, 0) is 49.5 Å². The quantitative estimate of drug-likeness (QED) is 0.225. The first-order valence-corrected chi connectivity index (χ1v) is 12.2. The molecular formula is C25H28BrFN6O3. The molecule has 0 saturated heterocycles. The zero-order valence-corrected chi connectivity index (χ0v) is 21.7. The molecule has 0 aliphatic heterocycles. The molecule has 1 aromatic heterocycles. The van der Waals surface area contributed by atoms with E-state index in [1.807, 2.05) is 18.7 Å². The maximum atomic E-state index is 14.4. The van der Waals surface area contributed by atoms with Crippen molar-refractivity contribution in [1.29, 1.82) is 0 Å². The average molecular weight is 559 g/mol. The molecule has 0 aliphatic carbocycles. The van der Waals surface area contributed by atoms with E-state index in [4.69, 9.17) is 4.74 Å². The van der Waals surface area contributed by atoms with Crippen LogP contribution in [0, 0.1) is 5.82 Å². The van der Waals surface area contributed by atoms with Gasteiger partial charge in [-0.1, -0.05) is 36.4 Å². The highest BCUT2D eigenvalue weighted by atomic mass is 79.9. The molecule has 0 radical (unpaired) electrons. The van der Waals surface area contributed by atoms with Crippen LogP contribution in [-0.4, -0.2) is 59.5 Å². The second kappa shape index (κ2) is 12.9. The van der Waals surface area contributed by atoms with Gasteiger partial charge in [0.05, 0.1) is 18.8 Å². The lowest BCUT2D eigenvalue weighted by Crippen LogP contribution is -2.38. The van der Waals surface area contributed by atoms with E-state index in [0.29, 0.717) is 39.2 Å². The van der Waals surface area contributed by atoms with Crippen molar-refractivity contribution in [3.63, 3.8) is 0 Å². The molecular weight excluding hydrogens is 531 g/mol. The standard InChI is InChI=1S/C25H28BrFN6O3/c1-4-21(34)32-24-20(36-12-11-28-22(35)14-33(5-2)6-3)10-8-17-23(24)29-15-30-25(17)31-19-9-7-16(26)13-18(19)27/h4,7-10,13,15H,1,5-6,11-12,14H2,2-3H3,(H,28,35)(H,32,34)(H,29,30,31). The zero-order valence-electron chi connectivity index (χ0n) is 20.1. The zero-order chi connectivity index (χ0) is 26.1. The van der Waals surface area contributed by atoms with Crippen LogP contribution in [0.15, 0.2) is 53.8 Å². The fraction of sp³-hybridized carbons (Fsp3) is 0.280. The smallest absolute Gasteiger partial charge is 0.247 e. The molecule has 0 atom stereocenters. The maximum Gasteiger partial charge on any atom is 0.247 e. The van der Waals surface area contributed by atoms with Gasteiger partial charge in [-0.3, -0.25) is 14.5 Å². The highest BCUT2D eigenvalue weighted by molar-refractivity contribution is 9.10. The minimum Gasteiger partial charge on any atom is -0.489 e. The number of hydrogen-bond donors (Lipinski definition) is 3. The van der Waals surface area contributed by atoms with Crippen LogP contribution in [-0.2, 0) is 9.59 Å². The van der Waals surface area contributed by atoms with Crippen LogP contribution >= 0.6 is 15.9 Å². The molecule has 0 saturated carbocycles. The number of benzene rings is 2. The molecule has 2 aromatic carbocycles. The Kier molecular flexibility index (Phi) is 9.71. The van der Waals surface area contributed by atoms with Crippen molar-refractivity contribution in [2.45, 2.75) is 13.8 Å². The molecule has 190 valence electrons. The van der Waals surface area contributed by atoms with Gasteiger partial charge in [-0.15, -0.1) is 0 Å². The summed E-state index contributed by atoms with van der Waals surface area (Å²) >= 11 is 3.24. The molecule has 0 aliphatic rings. The van der Waals surface area contributed by atoms with Crippen LogP contribution in [0.5, 0.6) is 5.75 Å². The second-order valence-corrected chi connectivity index (χ2v) is 8.58. The van der Waals surface area contributed by atoms with Crippen molar-refractivity contribution in [1.82, 2.24) is 20.2 Å². The largest absolute Gasteiger partial charge is 0.489 e. The summed E-state index contributed by atoms with van der Waals surface area (Å²) in [4.78, 5) is 34.8. The number of rotatable bonds is 12. The second-order valence-electron chi connectivity index (χ2n) is 7.66. The van der Waals surface area contributed by atoms with Crippen LogP contribution in [0.4, 0.5) is 21.6 Å². The lowest BCUT2D eigenvalue weighted by molar-refractivity contribution is -0.122. The van der Waals surface area contributed by atoms with Crippen molar-refractivity contribution in [3.8, 4) is 5.75 Å². The summed E-state index contributed by atoms with van der Waals surface area (Å²) in [6.45, 7) is 9.84. The summed E-state index contributed by atoms with van der Waals surface area (Å²) in [5, 5.41) is 9.07. The highest BCUT2D eigenvalue weighted by Crippen LogP contribution is 2.35. The summed E-state index contributed by atoms with van der Waals surface area (Å²) < 4.78 is 20.9. The first-order chi connectivity index (χ1) is 17.4. The van der Waals surface area contributed by atoms with E-state index in [1.165, 1.54) is 12.4 Å². The van der Waals surface area contributed by atoms with Gasteiger partial charge >= 0.3 is 0 Å². The number of aromatic nitrogens is 2. The van der Waals surface area contributed by atoms with Gasteiger partial charge in [0.25, 0.3) is 0 Å².